The molecular formula is C18H11Cl2NO2. The van der Waals surface area contributed by atoms with Gasteiger partial charge in [0.05, 0.1) is 10.7 Å². The Morgan fingerprint density at radius 3 is 2.17 bits per heavy atom. The van der Waals surface area contributed by atoms with E-state index in [4.69, 9.17) is 23.2 Å². The number of hydrogen-bond acceptors (Lipinski definition) is 2. The van der Waals surface area contributed by atoms with E-state index in [1.54, 1.807) is 36.4 Å². The summed E-state index contributed by atoms with van der Waals surface area (Å²) in [5.41, 5.74) is 2.60. The molecule has 3 rings (SSSR count). The Kier molecular flexibility index (Phi) is 4.16. The molecule has 0 N–H and O–H groups in total. The summed E-state index contributed by atoms with van der Waals surface area (Å²) < 4.78 is 0. The number of rotatable bonds is 1. The highest BCUT2D eigenvalue weighted by molar-refractivity contribution is 6.60. The molecule has 1 aliphatic rings. The molecule has 0 bridgehead atoms. The molecule has 3 nitrogen and oxygen atoms in total. The van der Waals surface area contributed by atoms with Crippen LogP contribution in [0, 0.1) is 6.92 Å². The van der Waals surface area contributed by atoms with Crippen molar-refractivity contribution >= 4 is 40.6 Å². The van der Waals surface area contributed by atoms with Crippen LogP contribution >= 0.6 is 23.2 Å². The van der Waals surface area contributed by atoms with E-state index in [9.17, 15) is 9.59 Å². The van der Waals surface area contributed by atoms with E-state index in [0.29, 0.717) is 16.7 Å². The minimum absolute atomic E-state index is 0.00386. The standard InChI is InChI=1S/C18H11Cl2NO2/c1-10-6-8-11(9-7-10)18(23)21-16-12-4-2-3-5-13(12)17(22)15(20)14(16)19/h2-9H,1H3. The van der Waals surface area contributed by atoms with Crippen LogP contribution in [0.15, 0.2) is 63.6 Å². The van der Waals surface area contributed by atoms with Crippen LogP contribution in [0.4, 0.5) is 0 Å². The molecule has 0 fully saturated rings. The van der Waals surface area contributed by atoms with Gasteiger partial charge in [0.15, 0.2) is 0 Å². The molecule has 5 heteroatoms. The van der Waals surface area contributed by atoms with Crippen LogP contribution in [0.5, 0.6) is 0 Å². The van der Waals surface area contributed by atoms with Crippen molar-refractivity contribution in [3.8, 4) is 0 Å². The number of carbonyl (C=O) groups excluding carboxylic acids is 2. The number of halogens is 2. The number of benzene rings is 2. The number of nitrogens with zero attached hydrogens (tertiary/aromatic N) is 1. The number of amides is 1. The van der Waals surface area contributed by atoms with Crippen LogP contribution in [-0.2, 0) is 0 Å². The highest BCUT2D eigenvalue weighted by Gasteiger charge is 2.29. The number of hydrogen-bond donors (Lipinski definition) is 0. The summed E-state index contributed by atoms with van der Waals surface area (Å²) in [7, 11) is 0. The highest BCUT2D eigenvalue weighted by Crippen LogP contribution is 2.31. The zero-order chi connectivity index (χ0) is 16.6. The molecule has 23 heavy (non-hydrogen) atoms. The van der Waals surface area contributed by atoms with Crippen molar-refractivity contribution in [1.82, 2.24) is 0 Å². The summed E-state index contributed by atoms with van der Waals surface area (Å²) in [6.45, 7) is 1.93. The number of aliphatic imine (C=N–C) groups is 1. The van der Waals surface area contributed by atoms with Crippen LogP contribution in [0.25, 0.3) is 0 Å². The first kappa shape index (κ1) is 15.7. The van der Waals surface area contributed by atoms with Crippen LogP contribution in [0.3, 0.4) is 0 Å². The molecule has 0 radical (unpaired) electrons. The summed E-state index contributed by atoms with van der Waals surface area (Å²) in [6, 6.07) is 13.9. The second-order valence-corrected chi connectivity index (χ2v) is 5.89. The molecule has 114 valence electrons. The molecule has 0 aliphatic heterocycles. The van der Waals surface area contributed by atoms with Crippen molar-refractivity contribution in [2.24, 2.45) is 4.99 Å². The van der Waals surface area contributed by atoms with Gasteiger partial charge in [-0.3, -0.25) is 9.59 Å². The molecule has 2 aromatic rings. The largest absolute Gasteiger partial charge is 0.288 e. The Morgan fingerprint density at radius 1 is 0.913 bits per heavy atom. The van der Waals surface area contributed by atoms with Gasteiger partial charge in [0.25, 0.3) is 5.91 Å². The van der Waals surface area contributed by atoms with Gasteiger partial charge in [0.1, 0.15) is 5.03 Å². The number of aryl methyl sites for hydroxylation is 1. The fraction of sp³-hybridized carbons (Fsp3) is 0.0556. The molecular weight excluding hydrogens is 333 g/mol. The topological polar surface area (TPSA) is 46.5 Å². The molecule has 0 aromatic heterocycles. The van der Waals surface area contributed by atoms with Crippen molar-refractivity contribution in [2.45, 2.75) is 6.92 Å². The van der Waals surface area contributed by atoms with Gasteiger partial charge in [-0.25, -0.2) is 4.99 Å². The lowest BCUT2D eigenvalue weighted by Gasteiger charge is -2.16. The Labute approximate surface area is 143 Å². The van der Waals surface area contributed by atoms with Crippen molar-refractivity contribution in [1.29, 1.82) is 0 Å². The Hall–Kier alpha value is -2.23. The maximum Gasteiger partial charge on any atom is 0.277 e. The fourth-order valence-corrected chi connectivity index (χ4v) is 2.72. The molecule has 0 saturated carbocycles. The number of allylic oxidation sites excluding steroid dienone is 2. The van der Waals surface area contributed by atoms with Gasteiger partial charge in [-0.05, 0) is 19.1 Å². The number of carbonyl (C=O) groups is 2. The fourth-order valence-electron chi connectivity index (χ4n) is 2.30. The molecule has 0 atom stereocenters. The maximum absolute atomic E-state index is 12.4. The molecule has 1 amide bonds. The predicted octanol–water partition coefficient (Wildman–Crippen LogP) is 4.51. The Morgan fingerprint density at radius 2 is 1.52 bits per heavy atom. The van der Waals surface area contributed by atoms with Gasteiger partial charge in [-0.1, -0.05) is 65.2 Å². The van der Waals surface area contributed by atoms with Gasteiger partial charge in [-0.2, -0.15) is 0 Å². The van der Waals surface area contributed by atoms with Crippen LogP contribution in [0.2, 0.25) is 0 Å². The lowest BCUT2D eigenvalue weighted by molar-refractivity contribution is 0.0999. The van der Waals surface area contributed by atoms with Gasteiger partial charge >= 0.3 is 0 Å². The SMILES string of the molecule is Cc1ccc(C(=O)N=C2C(Cl)=C(Cl)C(=O)c3ccccc32)cc1. The molecule has 0 spiro atoms. The highest BCUT2D eigenvalue weighted by atomic mass is 35.5. The van der Waals surface area contributed by atoms with Crippen molar-refractivity contribution in [3.05, 3.63) is 80.8 Å². The van der Waals surface area contributed by atoms with E-state index in [0.717, 1.165) is 5.56 Å². The summed E-state index contributed by atoms with van der Waals surface area (Å²) in [6.07, 6.45) is 0. The zero-order valence-electron chi connectivity index (χ0n) is 12.1. The van der Waals surface area contributed by atoms with Gasteiger partial charge in [0.2, 0.25) is 5.78 Å². The smallest absolute Gasteiger partial charge is 0.277 e. The molecule has 1 aliphatic carbocycles. The predicted molar refractivity (Wildman–Crippen MR) is 91.6 cm³/mol. The normalized spacial score (nSPS) is 15.8. The van der Waals surface area contributed by atoms with Gasteiger partial charge in [-0.15, -0.1) is 0 Å². The lowest BCUT2D eigenvalue weighted by atomic mass is 9.94. The van der Waals surface area contributed by atoms with Crippen molar-refractivity contribution in [2.75, 3.05) is 0 Å². The summed E-state index contributed by atoms with van der Waals surface area (Å²) in [5, 5.41) is -0.128. The third-order valence-electron chi connectivity index (χ3n) is 3.54. The maximum atomic E-state index is 12.4. The third kappa shape index (κ3) is 2.85. The van der Waals surface area contributed by atoms with E-state index in [1.807, 2.05) is 19.1 Å². The first-order chi connectivity index (χ1) is 11.0. The van der Waals surface area contributed by atoms with Crippen LogP contribution in [0.1, 0.15) is 31.8 Å². The monoisotopic (exact) mass is 343 g/mol. The Balaban J connectivity index is 2.11. The van der Waals surface area contributed by atoms with E-state index < -0.39 is 5.91 Å². The molecule has 0 unspecified atom stereocenters. The quantitative estimate of drug-likeness (QED) is 0.764. The second-order valence-electron chi connectivity index (χ2n) is 5.13. The van der Waals surface area contributed by atoms with Crippen molar-refractivity contribution in [3.63, 3.8) is 0 Å². The lowest BCUT2D eigenvalue weighted by Crippen LogP contribution is -2.19. The van der Waals surface area contributed by atoms with Crippen LogP contribution in [-0.4, -0.2) is 17.4 Å². The summed E-state index contributed by atoms with van der Waals surface area (Å²) >= 11 is 12.2. The summed E-state index contributed by atoms with van der Waals surface area (Å²) in [4.78, 5) is 28.6. The summed E-state index contributed by atoms with van der Waals surface area (Å²) in [5.74, 6) is -0.805. The first-order valence-electron chi connectivity index (χ1n) is 6.88. The second kappa shape index (κ2) is 6.11. The van der Waals surface area contributed by atoms with Crippen LogP contribution < -0.4 is 0 Å². The van der Waals surface area contributed by atoms with E-state index in [1.165, 1.54) is 0 Å². The minimum Gasteiger partial charge on any atom is -0.288 e. The minimum atomic E-state index is -0.438. The number of Topliss-reactive ketones (excluding diaryl/α,β-unsaturated/α-hetero) is 1. The van der Waals surface area contributed by atoms with E-state index >= 15 is 0 Å². The van der Waals surface area contributed by atoms with Crippen molar-refractivity contribution < 1.29 is 9.59 Å². The van der Waals surface area contributed by atoms with Gasteiger partial charge in [0, 0.05) is 16.7 Å². The average molecular weight is 344 g/mol. The Bertz CT molecular complexity index is 880. The van der Waals surface area contributed by atoms with E-state index in [-0.39, 0.29) is 21.6 Å². The number of ketones is 1. The first-order valence-corrected chi connectivity index (χ1v) is 7.64. The molecule has 0 saturated heterocycles. The van der Waals surface area contributed by atoms with Gasteiger partial charge < -0.3 is 0 Å². The molecule has 0 heterocycles. The number of fused-ring (bicyclic) bond motifs is 1. The third-order valence-corrected chi connectivity index (χ3v) is 4.36. The zero-order valence-corrected chi connectivity index (χ0v) is 13.7. The molecule has 2 aromatic carbocycles. The average Bonchev–Trinajstić information content (AvgIpc) is 2.57. The van der Waals surface area contributed by atoms with E-state index in [2.05, 4.69) is 4.99 Å².